The molecule has 3 nitrogen and oxygen atoms in total. The Balaban J connectivity index is 2.15. The van der Waals surface area contributed by atoms with E-state index in [0.29, 0.717) is 11.9 Å². The Morgan fingerprint density at radius 3 is 2.39 bits per heavy atom. The second-order valence-electron chi connectivity index (χ2n) is 4.84. The van der Waals surface area contributed by atoms with Gasteiger partial charge in [0.25, 0.3) is 6.01 Å². The van der Waals surface area contributed by atoms with Gasteiger partial charge in [0, 0.05) is 13.5 Å². The number of hydrogen-bond donors (Lipinski definition) is 1. The Kier molecular flexibility index (Phi) is 3.70. The van der Waals surface area contributed by atoms with E-state index in [4.69, 9.17) is 4.42 Å². The second kappa shape index (κ2) is 5.25. The van der Waals surface area contributed by atoms with Crippen LogP contribution in [0.25, 0.3) is 0 Å². The summed E-state index contributed by atoms with van der Waals surface area (Å²) in [7, 11) is 1.81. The molecule has 0 aliphatic heterocycles. The van der Waals surface area contributed by atoms with Crippen LogP contribution < -0.4 is 5.32 Å². The van der Waals surface area contributed by atoms with Crippen LogP contribution in [0.5, 0.6) is 0 Å². The molecule has 18 heavy (non-hydrogen) atoms. The number of rotatable bonds is 4. The summed E-state index contributed by atoms with van der Waals surface area (Å²) in [5, 5.41) is 2.92. The van der Waals surface area contributed by atoms with Crippen molar-refractivity contribution in [3.05, 3.63) is 46.8 Å². The van der Waals surface area contributed by atoms with Gasteiger partial charge in [-0.3, -0.25) is 0 Å². The third kappa shape index (κ3) is 2.73. The van der Waals surface area contributed by atoms with Gasteiger partial charge in [0.15, 0.2) is 0 Å². The van der Waals surface area contributed by atoms with Crippen LogP contribution in [-0.4, -0.2) is 12.0 Å². The molecule has 0 saturated carbocycles. The molecular weight excluding hydrogens is 224 g/mol. The van der Waals surface area contributed by atoms with E-state index in [1.165, 1.54) is 11.1 Å². The average Bonchev–Trinajstić information content (AvgIpc) is 2.71. The standard InChI is InChI=1S/C15H20N2O/c1-10(2)13-7-5-12(6-8-13)9-14-11(3)18-15(16-4)17-14/h5-8,10H,9H2,1-4H3,(H,16,17). The monoisotopic (exact) mass is 244 g/mol. The molecule has 3 heteroatoms. The number of aryl methyl sites for hydroxylation is 1. The van der Waals surface area contributed by atoms with Gasteiger partial charge >= 0.3 is 0 Å². The minimum absolute atomic E-state index is 0.573. The van der Waals surface area contributed by atoms with Crippen LogP contribution in [0.3, 0.4) is 0 Å². The fraction of sp³-hybridized carbons (Fsp3) is 0.400. The van der Waals surface area contributed by atoms with Crippen molar-refractivity contribution in [2.24, 2.45) is 0 Å². The number of benzene rings is 1. The van der Waals surface area contributed by atoms with Crippen LogP contribution in [0.4, 0.5) is 6.01 Å². The normalized spacial score (nSPS) is 10.9. The van der Waals surface area contributed by atoms with E-state index in [0.717, 1.165) is 17.9 Å². The van der Waals surface area contributed by atoms with Gasteiger partial charge in [-0.2, -0.15) is 4.98 Å². The van der Waals surface area contributed by atoms with Gasteiger partial charge in [0.2, 0.25) is 0 Å². The maximum atomic E-state index is 5.48. The van der Waals surface area contributed by atoms with Gasteiger partial charge < -0.3 is 9.73 Å². The van der Waals surface area contributed by atoms with Crippen LogP contribution in [0.15, 0.2) is 28.7 Å². The number of oxazole rings is 1. The van der Waals surface area contributed by atoms with Crippen molar-refractivity contribution in [2.45, 2.75) is 33.1 Å². The highest BCUT2D eigenvalue weighted by atomic mass is 16.4. The highest BCUT2D eigenvalue weighted by Gasteiger charge is 2.09. The second-order valence-corrected chi connectivity index (χ2v) is 4.84. The van der Waals surface area contributed by atoms with Crippen molar-refractivity contribution in [1.82, 2.24) is 4.98 Å². The number of hydrogen-bond acceptors (Lipinski definition) is 3. The van der Waals surface area contributed by atoms with Crippen molar-refractivity contribution in [3.8, 4) is 0 Å². The Labute approximate surface area is 108 Å². The first-order chi connectivity index (χ1) is 8.60. The Morgan fingerprint density at radius 2 is 1.89 bits per heavy atom. The summed E-state index contributed by atoms with van der Waals surface area (Å²) in [5.41, 5.74) is 3.63. The van der Waals surface area contributed by atoms with E-state index in [1.54, 1.807) is 0 Å². The molecule has 0 saturated heterocycles. The van der Waals surface area contributed by atoms with Crippen LogP contribution in [0.2, 0.25) is 0 Å². The highest BCUT2D eigenvalue weighted by molar-refractivity contribution is 5.31. The molecule has 1 heterocycles. The third-order valence-electron chi connectivity index (χ3n) is 3.12. The average molecular weight is 244 g/mol. The number of nitrogens with one attached hydrogen (secondary N) is 1. The van der Waals surface area contributed by atoms with E-state index in [9.17, 15) is 0 Å². The van der Waals surface area contributed by atoms with E-state index >= 15 is 0 Å². The van der Waals surface area contributed by atoms with E-state index in [1.807, 2.05) is 14.0 Å². The maximum absolute atomic E-state index is 5.48. The molecule has 0 unspecified atom stereocenters. The van der Waals surface area contributed by atoms with Crippen LogP contribution in [0, 0.1) is 6.92 Å². The van der Waals surface area contributed by atoms with E-state index in [2.05, 4.69) is 48.4 Å². The largest absolute Gasteiger partial charge is 0.429 e. The first-order valence-corrected chi connectivity index (χ1v) is 6.33. The molecule has 1 N–H and O–H groups in total. The summed E-state index contributed by atoms with van der Waals surface area (Å²) in [6, 6.07) is 9.30. The Bertz CT molecular complexity index is 512. The van der Waals surface area contributed by atoms with Crippen LogP contribution in [0.1, 0.15) is 42.3 Å². The summed E-state index contributed by atoms with van der Waals surface area (Å²) < 4.78 is 5.48. The molecule has 1 aromatic heterocycles. The lowest BCUT2D eigenvalue weighted by Crippen LogP contribution is -1.93. The number of aromatic nitrogens is 1. The van der Waals surface area contributed by atoms with Crippen LogP contribution >= 0.6 is 0 Å². The Morgan fingerprint density at radius 1 is 1.22 bits per heavy atom. The first kappa shape index (κ1) is 12.7. The van der Waals surface area contributed by atoms with Crippen molar-refractivity contribution in [3.63, 3.8) is 0 Å². The zero-order valence-corrected chi connectivity index (χ0v) is 11.4. The van der Waals surface area contributed by atoms with Gasteiger partial charge in [-0.05, 0) is 24.0 Å². The molecule has 0 amide bonds. The van der Waals surface area contributed by atoms with Gasteiger partial charge in [0.1, 0.15) is 5.76 Å². The summed E-state index contributed by atoms with van der Waals surface area (Å²) >= 11 is 0. The third-order valence-corrected chi connectivity index (χ3v) is 3.12. The zero-order chi connectivity index (χ0) is 13.1. The molecule has 0 atom stereocenters. The van der Waals surface area contributed by atoms with E-state index < -0.39 is 0 Å². The lowest BCUT2D eigenvalue weighted by Gasteiger charge is -2.06. The number of anilines is 1. The zero-order valence-electron chi connectivity index (χ0n) is 11.4. The lowest BCUT2D eigenvalue weighted by atomic mass is 10.0. The molecule has 0 fully saturated rings. The Hall–Kier alpha value is -1.77. The van der Waals surface area contributed by atoms with E-state index in [-0.39, 0.29) is 0 Å². The van der Waals surface area contributed by atoms with Gasteiger partial charge in [-0.1, -0.05) is 38.1 Å². The number of nitrogens with zero attached hydrogens (tertiary/aromatic N) is 1. The SMILES string of the molecule is CNc1nc(Cc2ccc(C(C)C)cc2)c(C)o1. The van der Waals surface area contributed by atoms with Gasteiger partial charge in [0.05, 0.1) is 5.69 Å². The molecule has 2 aromatic rings. The maximum Gasteiger partial charge on any atom is 0.294 e. The van der Waals surface area contributed by atoms with Crippen molar-refractivity contribution >= 4 is 6.01 Å². The fourth-order valence-corrected chi connectivity index (χ4v) is 1.91. The fourth-order valence-electron chi connectivity index (χ4n) is 1.91. The van der Waals surface area contributed by atoms with Gasteiger partial charge in [-0.15, -0.1) is 0 Å². The summed E-state index contributed by atoms with van der Waals surface area (Å²) in [6.45, 7) is 6.36. The highest BCUT2D eigenvalue weighted by Crippen LogP contribution is 2.19. The molecule has 1 aromatic carbocycles. The topological polar surface area (TPSA) is 38.1 Å². The summed E-state index contributed by atoms with van der Waals surface area (Å²) in [5.74, 6) is 1.45. The van der Waals surface area contributed by atoms with Crippen molar-refractivity contribution in [2.75, 3.05) is 12.4 Å². The predicted octanol–water partition coefficient (Wildman–Crippen LogP) is 3.74. The van der Waals surface area contributed by atoms with Crippen LogP contribution in [-0.2, 0) is 6.42 Å². The minimum atomic E-state index is 0.573. The summed E-state index contributed by atoms with van der Waals surface area (Å²) in [6.07, 6.45) is 0.815. The molecule has 0 bridgehead atoms. The molecule has 0 aliphatic carbocycles. The molecule has 0 aliphatic rings. The van der Waals surface area contributed by atoms with Crippen molar-refractivity contribution < 1.29 is 4.42 Å². The molecular formula is C15H20N2O. The smallest absolute Gasteiger partial charge is 0.294 e. The molecule has 2 rings (SSSR count). The lowest BCUT2D eigenvalue weighted by molar-refractivity contribution is 0.541. The first-order valence-electron chi connectivity index (χ1n) is 6.33. The quantitative estimate of drug-likeness (QED) is 0.890. The molecule has 96 valence electrons. The van der Waals surface area contributed by atoms with Crippen molar-refractivity contribution in [1.29, 1.82) is 0 Å². The molecule has 0 spiro atoms. The summed E-state index contributed by atoms with van der Waals surface area (Å²) in [4.78, 5) is 4.40. The molecule has 0 radical (unpaired) electrons. The minimum Gasteiger partial charge on any atom is -0.429 e. The van der Waals surface area contributed by atoms with Gasteiger partial charge in [-0.25, -0.2) is 0 Å². The predicted molar refractivity (Wildman–Crippen MR) is 74.1 cm³/mol.